The fraction of sp³-hybridized carbons (Fsp3) is 0.538. The van der Waals surface area contributed by atoms with Crippen LogP contribution in [0.4, 0.5) is 10.1 Å². The first kappa shape index (κ1) is 12.3. The van der Waals surface area contributed by atoms with E-state index in [1.165, 1.54) is 12.1 Å². The Kier molecular flexibility index (Phi) is 3.64. The highest BCUT2D eigenvalue weighted by molar-refractivity contribution is 5.46. The summed E-state index contributed by atoms with van der Waals surface area (Å²) in [7, 11) is 0. The van der Waals surface area contributed by atoms with Gasteiger partial charge in [0.05, 0.1) is 12.7 Å². The molecule has 2 atom stereocenters. The third-order valence-corrected chi connectivity index (χ3v) is 3.22. The Labute approximate surface area is 101 Å². The van der Waals surface area contributed by atoms with Gasteiger partial charge in [0.1, 0.15) is 5.82 Å². The van der Waals surface area contributed by atoms with Crippen LogP contribution in [-0.4, -0.2) is 30.2 Å². The maximum Gasteiger partial charge on any atom is 0.125 e. The number of nitrogens with two attached hydrogens (primary N) is 1. The topological polar surface area (TPSA) is 38.5 Å². The van der Waals surface area contributed by atoms with Crippen LogP contribution in [0, 0.1) is 5.82 Å². The lowest BCUT2D eigenvalue weighted by Crippen LogP contribution is -2.46. The van der Waals surface area contributed by atoms with E-state index in [1.54, 1.807) is 6.07 Å². The molecule has 1 saturated heterocycles. The van der Waals surface area contributed by atoms with Crippen LogP contribution >= 0.6 is 0 Å². The van der Waals surface area contributed by atoms with Gasteiger partial charge in [0.25, 0.3) is 0 Å². The van der Waals surface area contributed by atoms with Crippen LogP contribution in [0.1, 0.15) is 19.4 Å². The molecular weight excluding hydrogens is 219 g/mol. The summed E-state index contributed by atoms with van der Waals surface area (Å²) in [5.74, 6) is -0.283. The molecule has 0 amide bonds. The normalized spacial score (nSPS) is 26.1. The predicted molar refractivity (Wildman–Crippen MR) is 66.1 cm³/mol. The van der Waals surface area contributed by atoms with E-state index in [2.05, 4.69) is 18.7 Å². The minimum absolute atomic E-state index is 0.243. The number of ether oxygens (including phenoxy) is 1. The highest BCUT2D eigenvalue weighted by Crippen LogP contribution is 2.19. The zero-order valence-corrected chi connectivity index (χ0v) is 10.3. The van der Waals surface area contributed by atoms with Crippen LogP contribution in [0.15, 0.2) is 18.2 Å². The minimum atomic E-state index is -0.283. The van der Waals surface area contributed by atoms with Gasteiger partial charge in [0.15, 0.2) is 0 Å². The summed E-state index contributed by atoms with van der Waals surface area (Å²) in [6, 6.07) is 4.97. The largest absolute Gasteiger partial charge is 0.398 e. The summed E-state index contributed by atoms with van der Waals surface area (Å²) in [6.07, 6.45) is 0.243. The van der Waals surface area contributed by atoms with Gasteiger partial charge in [-0.25, -0.2) is 4.39 Å². The smallest absolute Gasteiger partial charge is 0.125 e. The molecule has 0 aliphatic carbocycles. The Balaban J connectivity index is 2.08. The molecule has 2 rings (SSSR count). The molecule has 0 radical (unpaired) electrons. The first-order valence-corrected chi connectivity index (χ1v) is 5.96. The van der Waals surface area contributed by atoms with E-state index in [0.717, 1.165) is 25.3 Å². The van der Waals surface area contributed by atoms with Crippen molar-refractivity contribution in [1.29, 1.82) is 0 Å². The number of benzene rings is 1. The van der Waals surface area contributed by atoms with Crippen molar-refractivity contribution in [1.82, 2.24) is 4.90 Å². The second kappa shape index (κ2) is 5.02. The van der Waals surface area contributed by atoms with Gasteiger partial charge in [-0.05, 0) is 31.5 Å². The first-order valence-electron chi connectivity index (χ1n) is 5.96. The quantitative estimate of drug-likeness (QED) is 0.801. The van der Waals surface area contributed by atoms with Crippen molar-refractivity contribution >= 4 is 5.69 Å². The Morgan fingerprint density at radius 2 is 2.24 bits per heavy atom. The molecule has 1 aromatic carbocycles. The first-order chi connectivity index (χ1) is 8.06. The van der Waals surface area contributed by atoms with E-state index in [0.29, 0.717) is 11.7 Å². The third kappa shape index (κ3) is 2.96. The number of rotatable bonds is 2. The van der Waals surface area contributed by atoms with Crippen molar-refractivity contribution in [3.05, 3.63) is 29.6 Å². The summed E-state index contributed by atoms with van der Waals surface area (Å²) < 4.78 is 18.5. The monoisotopic (exact) mass is 238 g/mol. The molecule has 0 aromatic heterocycles. The lowest BCUT2D eigenvalue weighted by Gasteiger charge is -2.37. The number of nitrogens with zero attached hydrogens (tertiary/aromatic N) is 1. The van der Waals surface area contributed by atoms with Gasteiger partial charge < -0.3 is 10.5 Å². The molecule has 17 heavy (non-hydrogen) atoms. The Bertz CT molecular complexity index is 397. The van der Waals surface area contributed by atoms with Gasteiger partial charge in [0.2, 0.25) is 0 Å². The molecule has 1 aliphatic heterocycles. The van der Waals surface area contributed by atoms with Crippen LogP contribution in [0.5, 0.6) is 0 Å². The predicted octanol–water partition coefficient (Wildman–Crippen LogP) is 2.02. The fourth-order valence-electron chi connectivity index (χ4n) is 2.12. The zero-order chi connectivity index (χ0) is 12.4. The molecule has 3 nitrogen and oxygen atoms in total. The van der Waals surface area contributed by atoms with Crippen molar-refractivity contribution in [2.24, 2.45) is 0 Å². The Morgan fingerprint density at radius 3 is 2.94 bits per heavy atom. The molecule has 1 aliphatic rings. The highest BCUT2D eigenvalue weighted by atomic mass is 19.1. The van der Waals surface area contributed by atoms with Crippen molar-refractivity contribution < 1.29 is 9.13 Å². The van der Waals surface area contributed by atoms with Crippen molar-refractivity contribution in [3.63, 3.8) is 0 Å². The number of nitrogen functional groups attached to an aromatic ring is 1. The second-order valence-electron chi connectivity index (χ2n) is 4.77. The maximum atomic E-state index is 13.0. The van der Waals surface area contributed by atoms with Gasteiger partial charge >= 0.3 is 0 Å². The number of hydrogen-bond donors (Lipinski definition) is 1. The molecule has 1 heterocycles. The number of hydrogen-bond acceptors (Lipinski definition) is 3. The molecular formula is C13H19FN2O. The summed E-state index contributed by atoms with van der Waals surface area (Å²) in [4.78, 5) is 2.32. The van der Waals surface area contributed by atoms with E-state index in [9.17, 15) is 4.39 Å². The fourth-order valence-corrected chi connectivity index (χ4v) is 2.12. The lowest BCUT2D eigenvalue weighted by molar-refractivity contribution is -0.0526. The van der Waals surface area contributed by atoms with Crippen molar-refractivity contribution in [3.8, 4) is 0 Å². The van der Waals surface area contributed by atoms with Gasteiger partial charge in [0, 0.05) is 24.8 Å². The summed E-state index contributed by atoms with van der Waals surface area (Å²) >= 11 is 0. The molecule has 0 saturated carbocycles. The van der Waals surface area contributed by atoms with Crippen LogP contribution in [-0.2, 0) is 11.3 Å². The van der Waals surface area contributed by atoms with E-state index in [4.69, 9.17) is 10.5 Å². The van der Waals surface area contributed by atoms with E-state index in [-0.39, 0.29) is 11.9 Å². The Morgan fingerprint density at radius 1 is 1.47 bits per heavy atom. The second-order valence-corrected chi connectivity index (χ2v) is 4.77. The summed E-state index contributed by atoms with van der Waals surface area (Å²) in [5.41, 5.74) is 7.32. The zero-order valence-electron chi connectivity index (χ0n) is 10.3. The average Bonchev–Trinajstić information content (AvgIpc) is 2.27. The summed E-state index contributed by atoms with van der Waals surface area (Å²) in [6.45, 7) is 6.57. The van der Waals surface area contributed by atoms with E-state index in [1.807, 2.05) is 0 Å². The van der Waals surface area contributed by atoms with Gasteiger partial charge in [-0.3, -0.25) is 4.90 Å². The number of anilines is 1. The maximum absolute atomic E-state index is 13.0. The molecule has 0 spiro atoms. The van der Waals surface area contributed by atoms with Crippen molar-refractivity contribution in [2.45, 2.75) is 32.5 Å². The number of halogens is 1. The average molecular weight is 238 g/mol. The number of morpholine rings is 1. The minimum Gasteiger partial charge on any atom is -0.398 e. The molecule has 2 N–H and O–H groups in total. The van der Waals surface area contributed by atoms with Crippen molar-refractivity contribution in [2.75, 3.05) is 18.9 Å². The third-order valence-electron chi connectivity index (χ3n) is 3.22. The molecule has 1 aromatic rings. The van der Waals surface area contributed by atoms with Gasteiger partial charge in [-0.1, -0.05) is 6.07 Å². The molecule has 4 heteroatoms. The van der Waals surface area contributed by atoms with Crippen LogP contribution in [0.2, 0.25) is 0 Å². The molecule has 94 valence electrons. The summed E-state index contributed by atoms with van der Waals surface area (Å²) in [5, 5.41) is 0. The molecule has 1 fully saturated rings. The van der Waals surface area contributed by atoms with Crippen LogP contribution < -0.4 is 5.73 Å². The molecule has 0 bridgehead atoms. The standard InChI is InChI=1S/C13H19FN2O/c1-9-8-17-10(2)6-16(9)7-11-3-4-12(14)5-13(11)15/h3-5,9-10H,6-8,15H2,1-2H3. The van der Waals surface area contributed by atoms with Gasteiger partial charge in [-0.2, -0.15) is 0 Å². The van der Waals surface area contributed by atoms with Gasteiger partial charge in [-0.15, -0.1) is 0 Å². The van der Waals surface area contributed by atoms with Crippen LogP contribution in [0.3, 0.4) is 0 Å². The Hall–Kier alpha value is -1.13. The van der Waals surface area contributed by atoms with E-state index >= 15 is 0 Å². The van der Waals surface area contributed by atoms with E-state index < -0.39 is 0 Å². The van der Waals surface area contributed by atoms with Crippen LogP contribution in [0.25, 0.3) is 0 Å². The lowest BCUT2D eigenvalue weighted by atomic mass is 10.1. The molecule has 2 unspecified atom stereocenters. The highest BCUT2D eigenvalue weighted by Gasteiger charge is 2.23. The SMILES string of the molecule is CC1CN(Cc2ccc(F)cc2N)C(C)CO1.